The van der Waals surface area contributed by atoms with Crippen LogP contribution in [-0.4, -0.2) is 33.7 Å². The second-order valence-corrected chi connectivity index (χ2v) is 6.81. The molecule has 1 aliphatic rings. The Morgan fingerprint density at radius 2 is 1.65 bits per heavy atom. The maximum Gasteiger partial charge on any atom is 0.275 e. The Labute approximate surface area is 151 Å². The highest BCUT2D eigenvalue weighted by atomic mass is 16.2. The van der Waals surface area contributed by atoms with Gasteiger partial charge in [-0.3, -0.25) is 9.59 Å². The summed E-state index contributed by atoms with van der Waals surface area (Å²) >= 11 is 0. The molecule has 5 nitrogen and oxygen atoms in total. The van der Waals surface area contributed by atoms with Gasteiger partial charge in [0.25, 0.3) is 5.56 Å². The van der Waals surface area contributed by atoms with Crippen LogP contribution < -0.4 is 5.56 Å². The van der Waals surface area contributed by atoms with Crippen molar-refractivity contribution >= 4 is 16.7 Å². The molecule has 0 unspecified atom stereocenters. The Morgan fingerprint density at radius 3 is 2.35 bits per heavy atom. The molecule has 26 heavy (non-hydrogen) atoms. The van der Waals surface area contributed by atoms with Crippen LogP contribution >= 0.6 is 0 Å². The maximum absolute atomic E-state index is 12.8. The number of hydrogen-bond donors (Lipinski definition) is 0. The van der Waals surface area contributed by atoms with E-state index in [0.29, 0.717) is 5.39 Å². The van der Waals surface area contributed by atoms with E-state index in [9.17, 15) is 9.59 Å². The normalized spacial score (nSPS) is 14.1. The molecule has 0 spiro atoms. The van der Waals surface area contributed by atoms with Gasteiger partial charge in [0.2, 0.25) is 5.91 Å². The number of nitrogens with zero attached hydrogens (tertiary/aromatic N) is 3. The lowest BCUT2D eigenvalue weighted by Gasteiger charge is -2.16. The molecule has 2 aromatic carbocycles. The summed E-state index contributed by atoms with van der Waals surface area (Å²) in [4.78, 5) is 27.2. The highest BCUT2D eigenvalue weighted by Gasteiger charge is 2.20. The van der Waals surface area contributed by atoms with Crippen LogP contribution in [0.2, 0.25) is 0 Å². The lowest BCUT2D eigenvalue weighted by molar-refractivity contribution is -0.131. The van der Waals surface area contributed by atoms with Crippen LogP contribution in [0.4, 0.5) is 0 Å². The van der Waals surface area contributed by atoms with Gasteiger partial charge in [-0.1, -0.05) is 48.0 Å². The molecule has 1 aromatic heterocycles. The summed E-state index contributed by atoms with van der Waals surface area (Å²) in [5.74, 6) is -0.0396. The third kappa shape index (κ3) is 3.01. The Kier molecular flexibility index (Phi) is 4.29. The van der Waals surface area contributed by atoms with E-state index in [4.69, 9.17) is 0 Å². The minimum Gasteiger partial charge on any atom is -0.341 e. The van der Waals surface area contributed by atoms with Crippen molar-refractivity contribution in [3.05, 3.63) is 64.4 Å². The second kappa shape index (κ2) is 6.75. The van der Waals surface area contributed by atoms with Crippen molar-refractivity contribution in [2.75, 3.05) is 13.1 Å². The van der Waals surface area contributed by atoms with Crippen molar-refractivity contribution < 1.29 is 4.79 Å². The van der Waals surface area contributed by atoms with Crippen LogP contribution in [0.1, 0.15) is 18.4 Å². The van der Waals surface area contributed by atoms with Crippen molar-refractivity contribution in [3.8, 4) is 11.3 Å². The average Bonchev–Trinajstić information content (AvgIpc) is 3.20. The van der Waals surface area contributed by atoms with Gasteiger partial charge >= 0.3 is 0 Å². The lowest BCUT2D eigenvalue weighted by atomic mass is 10.0. The van der Waals surface area contributed by atoms with E-state index in [-0.39, 0.29) is 18.0 Å². The minimum atomic E-state index is -0.219. The van der Waals surface area contributed by atoms with E-state index < -0.39 is 0 Å². The third-order valence-electron chi connectivity index (χ3n) is 4.94. The number of aryl methyl sites for hydroxylation is 1. The van der Waals surface area contributed by atoms with E-state index in [1.807, 2.05) is 54.3 Å². The molecule has 4 rings (SSSR count). The first-order chi connectivity index (χ1) is 12.6. The molecule has 0 bridgehead atoms. The van der Waals surface area contributed by atoms with E-state index in [0.717, 1.165) is 48.1 Å². The molecule has 3 aromatic rings. The van der Waals surface area contributed by atoms with Gasteiger partial charge in [0.1, 0.15) is 6.54 Å². The largest absolute Gasteiger partial charge is 0.341 e. The van der Waals surface area contributed by atoms with Crippen molar-refractivity contribution in [1.29, 1.82) is 0 Å². The average molecular weight is 347 g/mol. The van der Waals surface area contributed by atoms with Crippen LogP contribution in [0.5, 0.6) is 0 Å². The molecule has 1 aliphatic heterocycles. The Bertz CT molecular complexity index is 1020. The molecule has 5 heteroatoms. The zero-order chi connectivity index (χ0) is 18.1. The summed E-state index contributed by atoms with van der Waals surface area (Å²) in [6, 6.07) is 15.5. The molecule has 132 valence electrons. The van der Waals surface area contributed by atoms with E-state index in [2.05, 4.69) is 5.10 Å². The third-order valence-corrected chi connectivity index (χ3v) is 4.94. The monoisotopic (exact) mass is 347 g/mol. The van der Waals surface area contributed by atoms with Gasteiger partial charge in [0, 0.05) is 24.0 Å². The number of likely N-dealkylation sites (tertiary alicyclic amines) is 1. The van der Waals surface area contributed by atoms with Crippen molar-refractivity contribution in [3.63, 3.8) is 0 Å². The van der Waals surface area contributed by atoms with Crippen molar-refractivity contribution in [2.45, 2.75) is 26.3 Å². The first-order valence-electron chi connectivity index (χ1n) is 8.98. The molecular formula is C21H21N3O2. The SMILES string of the molecule is Cc1ccc(-c2nn(CC(=O)N3CCCC3)c(=O)c3ccccc23)cc1. The number of hydrogen-bond acceptors (Lipinski definition) is 3. The first-order valence-corrected chi connectivity index (χ1v) is 8.98. The van der Waals surface area contributed by atoms with E-state index in [1.54, 1.807) is 6.07 Å². The highest BCUT2D eigenvalue weighted by Crippen LogP contribution is 2.25. The molecule has 1 fully saturated rings. The van der Waals surface area contributed by atoms with Crippen LogP contribution in [0.15, 0.2) is 53.3 Å². The Hall–Kier alpha value is -2.95. The van der Waals surface area contributed by atoms with Crippen LogP contribution in [0.25, 0.3) is 22.0 Å². The summed E-state index contributed by atoms with van der Waals surface area (Å²) in [5, 5.41) is 5.97. The van der Waals surface area contributed by atoms with Gasteiger partial charge in [-0.15, -0.1) is 0 Å². The van der Waals surface area contributed by atoms with Gasteiger partial charge in [-0.05, 0) is 25.8 Å². The molecule has 0 aliphatic carbocycles. The van der Waals surface area contributed by atoms with Crippen molar-refractivity contribution in [2.24, 2.45) is 0 Å². The number of benzene rings is 2. The molecular weight excluding hydrogens is 326 g/mol. The topological polar surface area (TPSA) is 55.2 Å². The summed E-state index contributed by atoms with van der Waals surface area (Å²) in [6.45, 7) is 3.56. The zero-order valence-electron chi connectivity index (χ0n) is 14.8. The quantitative estimate of drug-likeness (QED) is 0.732. The number of fused-ring (bicyclic) bond motifs is 1. The summed E-state index contributed by atoms with van der Waals surface area (Å²) < 4.78 is 1.32. The van der Waals surface area contributed by atoms with E-state index in [1.165, 1.54) is 4.68 Å². The zero-order valence-corrected chi connectivity index (χ0v) is 14.8. The fourth-order valence-corrected chi connectivity index (χ4v) is 3.46. The number of amides is 1. The molecule has 1 amide bonds. The molecule has 0 N–H and O–H groups in total. The maximum atomic E-state index is 12.8. The van der Waals surface area contributed by atoms with Gasteiger partial charge in [-0.25, -0.2) is 4.68 Å². The minimum absolute atomic E-state index is 0.0114. The predicted octanol–water partition coefficient (Wildman–Crippen LogP) is 2.99. The smallest absolute Gasteiger partial charge is 0.275 e. The number of aromatic nitrogens is 2. The number of carbonyl (C=O) groups excluding carboxylic acids is 1. The number of rotatable bonds is 3. The first kappa shape index (κ1) is 16.5. The van der Waals surface area contributed by atoms with Gasteiger partial charge < -0.3 is 4.90 Å². The van der Waals surface area contributed by atoms with Gasteiger partial charge in [0.15, 0.2) is 0 Å². The fourth-order valence-electron chi connectivity index (χ4n) is 3.46. The Balaban J connectivity index is 1.83. The molecule has 0 atom stereocenters. The number of carbonyl (C=O) groups is 1. The van der Waals surface area contributed by atoms with Gasteiger partial charge in [0.05, 0.1) is 11.1 Å². The molecule has 2 heterocycles. The van der Waals surface area contributed by atoms with Crippen molar-refractivity contribution in [1.82, 2.24) is 14.7 Å². The van der Waals surface area contributed by atoms with Gasteiger partial charge in [-0.2, -0.15) is 5.10 Å². The standard InChI is InChI=1S/C21H21N3O2/c1-15-8-10-16(11-9-15)20-17-6-2-3-7-18(17)21(26)24(22-20)14-19(25)23-12-4-5-13-23/h2-3,6-11H,4-5,12-14H2,1H3. The summed E-state index contributed by atoms with van der Waals surface area (Å²) in [7, 11) is 0. The lowest BCUT2D eigenvalue weighted by Crippen LogP contribution is -2.35. The Morgan fingerprint density at radius 1 is 1.00 bits per heavy atom. The van der Waals surface area contributed by atoms with Crippen LogP contribution in [0.3, 0.4) is 0 Å². The highest BCUT2D eigenvalue weighted by molar-refractivity contribution is 5.93. The second-order valence-electron chi connectivity index (χ2n) is 6.81. The van der Waals surface area contributed by atoms with Crippen LogP contribution in [0, 0.1) is 6.92 Å². The molecule has 0 saturated carbocycles. The summed E-state index contributed by atoms with van der Waals surface area (Å²) in [6.07, 6.45) is 2.06. The summed E-state index contributed by atoms with van der Waals surface area (Å²) in [5.41, 5.74) is 2.61. The molecule has 0 radical (unpaired) electrons. The fraction of sp³-hybridized carbons (Fsp3) is 0.286. The molecule has 1 saturated heterocycles. The predicted molar refractivity (Wildman–Crippen MR) is 102 cm³/mol. The van der Waals surface area contributed by atoms with E-state index >= 15 is 0 Å². The van der Waals surface area contributed by atoms with Crippen LogP contribution in [-0.2, 0) is 11.3 Å².